The van der Waals surface area contributed by atoms with Gasteiger partial charge in [-0.2, -0.15) is 0 Å². The zero-order chi connectivity index (χ0) is 16.5. The van der Waals surface area contributed by atoms with Gasteiger partial charge in [0.05, 0.1) is 56.4 Å². The first kappa shape index (κ1) is 18.6. The average Bonchev–Trinajstić information content (AvgIpc) is 2.57. The molecule has 9 nitrogen and oxygen atoms in total. The van der Waals surface area contributed by atoms with E-state index in [1.54, 1.807) is 12.1 Å². The van der Waals surface area contributed by atoms with Gasteiger partial charge in [0.2, 0.25) is 0 Å². The molecule has 126 valence electrons. The summed E-state index contributed by atoms with van der Waals surface area (Å²) in [6.45, 7) is -1.90. The number of aliphatic hydroxyl groups excluding tert-OH is 6. The van der Waals surface area contributed by atoms with Crippen LogP contribution < -0.4 is 10.6 Å². The quantitative estimate of drug-likeness (QED) is 0.230. The molecule has 4 atom stereocenters. The lowest BCUT2D eigenvalue weighted by atomic mass is 10.1. The predicted octanol–water partition coefficient (Wildman–Crippen LogP) is -2.67. The fourth-order valence-corrected chi connectivity index (χ4v) is 1.79. The number of aliphatic hydroxyl groups is 6. The minimum atomic E-state index is -1.18. The van der Waals surface area contributed by atoms with E-state index < -0.39 is 50.7 Å². The van der Waals surface area contributed by atoms with E-state index in [0.29, 0.717) is 5.69 Å². The third-order valence-electron chi connectivity index (χ3n) is 3.17. The van der Waals surface area contributed by atoms with Crippen molar-refractivity contribution < 1.29 is 30.6 Å². The van der Waals surface area contributed by atoms with Gasteiger partial charge in [0.25, 0.3) is 0 Å². The Balaban J connectivity index is 2.89. The smallest absolute Gasteiger partial charge is 0.149 e. The molecule has 0 saturated carbocycles. The monoisotopic (exact) mass is 317 g/mol. The number of hydrogen-bond donors (Lipinski definition) is 8. The van der Waals surface area contributed by atoms with Crippen LogP contribution in [-0.4, -0.2) is 86.3 Å². The highest BCUT2D eigenvalue weighted by molar-refractivity contribution is 5.64. The summed E-state index contributed by atoms with van der Waals surface area (Å²) in [4.78, 5) is 4.05. The lowest BCUT2D eigenvalue weighted by molar-refractivity contribution is 0.0604. The maximum absolute atomic E-state index is 9.60. The summed E-state index contributed by atoms with van der Waals surface area (Å²) >= 11 is 0. The Kier molecular flexibility index (Phi) is 8.02. The molecule has 1 aromatic rings. The number of rotatable bonds is 10. The molecule has 4 unspecified atom stereocenters. The molecule has 0 radical (unpaired) electrons. The van der Waals surface area contributed by atoms with Gasteiger partial charge in [-0.15, -0.1) is 0 Å². The number of hydrogen-bond acceptors (Lipinski definition) is 9. The molecular formula is C13H23N3O6. The number of nitrogens with one attached hydrogen (secondary N) is 2. The third kappa shape index (κ3) is 5.05. The van der Waals surface area contributed by atoms with Crippen LogP contribution in [0.25, 0.3) is 0 Å². The van der Waals surface area contributed by atoms with Crippen molar-refractivity contribution in [3.05, 3.63) is 18.3 Å². The summed E-state index contributed by atoms with van der Waals surface area (Å²) < 4.78 is 0. The van der Waals surface area contributed by atoms with E-state index in [9.17, 15) is 20.4 Å². The summed E-state index contributed by atoms with van der Waals surface area (Å²) in [6, 6.07) is 1.58. The van der Waals surface area contributed by atoms with Crippen molar-refractivity contribution in [2.24, 2.45) is 0 Å². The van der Waals surface area contributed by atoms with Crippen molar-refractivity contribution in [2.75, 3.05) is 37.1 Å². The molecule has 0 bridgehead atoms. The van der Waals surface area contributed by atoms with E-state index in [4.69, 9.17) is 10.2 Å². The van der Waals surface area contributed by atoms with E-state index in [2.05, 4.69) is 15.6 Å². The molecule has 0 aliphatic carbocycles. The Bertz CT molecular complexity index is 397. The van der Waals surface area contributed by atoms with Crippen LogP contribution in [0, 0.1) is 0 Å². The Morgan fingerprint density at radius 1 is 0.864 bits per heavy atom. The average molecular weight is 317 g/mol. The number of pyridine rings is 1. The maximum atomic E-state index is 9.60. The van der Waals surface area contributed by atoms with Gasteiger partial charge in [0.15, 0.2) is 0 Å². The van der Waals surface area contributed by atoms with E-state index in [1.165, 1.54) is 6.20 Å². The highest BCUT2D eigenvalue weighted by Crippen LogP contribution is 2.21. The van der Waals surface area contributed by atoms with E-state index >= 15 is 0 Å². The number of aromatic nitrogens is 1. The van der Waals surface area contributed by atoms with Gasteiger partial charge in [-0.25, -0.2) is 4.98 Å². The zero-order valence-corrected chi connectivity index (χ0v) is 12.0. The second kappa shape index (κ2) is 9.51. The summed E-state index contributed by atoms with van der Waals surface area (Å²) in [5.74, 6) is 0.262. The van der Waals surface area contributed by atoms with Crippen molar-refractivity contribution in [3.63, 3.8) is 0 Å². The van der Waals surface area contributed by atoms with Crippen LogP contribution in [0.15, 0.2) is 18.3 Å². The topological polar surface area (TPSA) is 158 Å². The molecule has 0 aliphatic heterocycles. The molecule has 1 aromatic heterocycles. The third-order valence-corrected chi connectivity index (χ3v) is 3.17. The molecule has 8 N–H and O–H groups in total. The van der Waals surface area contributed by atoms with Crippen LogP contribution >= 0.6 is 0 Å². The Morgan fingerprint density at radius 2 is 1.41 bits per heavy atom. The van der Waals surface area contributed by atoms with Crippen LogP contribution in [0.5, 0.6) is 0 Å². The lowest BCUT2D eigenvalue weighted by Gasteiger charge is -2.26. The van der Waals surface area contributed by atoms with Crippen LogP contribution in [0.4, 0.5) is 11.5 Å². The molecule has 1 rings (SSSR count). The predicted molar refractivity (Wildman–Crippen MR) is 79.4 cm³/mol. The molecule has 0 aliphatic rings. The highest BCUT2D eigenvalue weighted by Gasteiger charge is 2.22. The minimum absolute atomic E-state index is 0.262. The molecule has 9 heteroatoms. The second-order valence-corrected chi connectivity index (χ2v) is 4.77. The van der Waals surface area contributed by atoms with E-state index in [-0.39, 0.29) is 5.82 Å². The number of anilines is 2. The van der Waals surface area contributed by atoms with Gasteiger partial charge in [0.1, 0.15) is 5.82 Å². The largest absolute Gasteiger partial charge is 0.394 e. The van der Waals surface area contributed by atoms with Crippen molar-refractivity contribution in [3.8, 4) is 0 Å². The Hall–Kier alpha value is -1.49. The number of nitrogens with zero attached hydrogens (tertiary/aromatic N) is 1. The normalized spacial score (nSPS) is 16.6. The SMILES string of the molecule is OCC(O)C(CO)Nc1cccnc1NC(CO)C(O)CO. The molecule has 22 heavy (non-hydrogen) atoms. The fourth-order valence-electron chi connectivity index (χ4n) is 1.79. The van der Waals surface area contributed by atoms with Crippen molar-refractivity contribution in [1.82, 2.24) is 4.98 Å². The molecule has 0 saturated heterocycles. The molecular weight excluding hydrogens is 294 g/mol. The van der Waals surface area contributed by atoms with Crippen molar-refractivity contribution >= 4 is 11.5 Å². The van der Waals surface area contributed by atoms with Gasteiger partial charge < -0.3 is 41.3 Å². The standard InChI is InChI=1S/C13H23N3O6/c17-4-9(11(21)6-19)15-8-2-1-3-14-13(8)16-10(5-18)12(22)7-20/h1-3,9-12,15,17-22H,4-7H2,(H,14,16). The van der Waals surface area contributed by atoms with Crippen LogP contribution in [-0.2, 0) is 0 Å². The van der Waals surface area contributed by atoms with E-state index in [1.807, 2.05) is 0 Å². The van der Waals surface area contributed by atoms with E-state index in [0.717, 1.165) is 0 Å². The first-order chi connectivity index (χ1) is 10.6. The Morgan fingerprint density at radius 3 is 1.91 bits per heavy atom. The summed E-state index contributed by atoms with van der Waals surface area (Å²) in [5, 5.41) is 61.2. The first-order valence-electron chi connectivity index (χ1n) is 6.85. The molecule has 0 spiro atoms. The molecule has 1 heterocycles. The van der Waals surface area contributed by atoms with Crippen LogP contribution in [0.3, 0.4) is 0 Å². The van der Waals surface area contributed by atoms with Gasteiger partial charge >= 0.3 is 0 Å². The summed E-state index contributed by atoms with van der Waals surface area (Å²) in [6.07, 6.45) is -0.879. The summed E-state index contributed by atoms with van der Waals surface area (Å²) in [7, 11) is 0. The zero-order valence-electron chi connectivity index (χ0n) is 12.0. The first-order valence-corrected chi connectivity index (χ1v) is 6.85. The highest BCUT2D eigenvalue weighted by atomic mass is 16.3. The molecule has 0 amide bonds. The molecule has 0 fully saturated rings. The summed E-state index contributed by atoms with van der Waals surface area (Å²) in [5.41, 5.74) is 0.401. The van der Waals surface area contributed by atoms with Gasteiger partial charge in [-0.1, -0.05) is 0 Å². The molecule has 0 aromatic carbocycles. The fraction of sp³-hybridized carbons (Fsp3) is 0.615. The van der Waals surface area contributed by atoms with Gasteiger partial charge in [-0.05, 0) is 12.1 Å². The lowest BCUT2D eigenvalue weighted by Crippen LogP contribution is -2.41. The van der Waals surface area contributed by atoms with Crippen LogP contribution in [0.1, 0.15) is 0 Å². The van der Waals surface area contributed by atoms with Gasteiger partial charge in [-0.3, -0.25) is 0 Å². The maximum Gasteiger partial charge on any atom is 0.149 e. The second-order valence-electron chi connectivity index (χ2n) is 4.77. The van der Waals surface area contributed by atoms with Crippen molar-refractivity contribution in [1.29, 1.82) is 0 Å². The minimum Gasteiger partial charge on any atom is -0.394 e. The Labute approximate surface area is 127 Å². The van der Waals surface area contributed by atoms with Crippen molar-refractivity contribution in [2.45, 2.75) is 24.3 Å². The van der Waals surface area contributed by atoms with Crippen LogP contribution in [0.2, 0.25) is 0 Å². The van der Waals surface area contributed by atoms with Gasteiger partial charge in [0, 0.05) is 6.20 Å².